The minimum Gasteiger partial charge on any atom is -0.489 e. The van der Waals surface area contributed by atoms with Crippen LogP contribution in [-0.2, 0) is 6.61 Å². The molecule has 31 heavy (non-hydrogen) atoms. The van der Waals surface area contributed by atoms with Gasteiger partial charge in [0.05, 0.1) is 0 Å². The SMILES string of the molecule is CN(C)CC1=C(c2ccc3cc(OCc4ccccc4Cl)ccc3c2)C2CCC1CC2. The van der Waals surface area contributed by atoms with E-state index in [0.29, 0.717) is 6.61 Å². The third-order valence-electron chi connectivity index (χ3n) is 6.94. The van der Waals surface area contributed by atoms with Crippen molar-refractivity contribution in [1.82, 2.24) is 4.90 Å². The van der Waals surface area contributed by atoms with Crippen molar-refractivity contribution in [3.05, 3.63) is 82.4 Å². The Hall–Kier alpha value is -2.29. The van der Waals surface area contributed by atoms with Crippen LogP contribution < -0.4 is 4.74 Å². The highest BCUT2D eigenvalue weighted by Crippen LogP contribution is 2.49. The van der Waals surface area contributed by atoms with Gasteiger partial charge < -0.3 is 9.64 Å². The van der Waals surface area contributed by atoms with Crippen LogP contribution in [0.15, 0.2) is 66.2 Å². The summed E-state index contributed by atoms with van der Waals surface area (Å²) in [6, 6.07) is 21.2. The van der Waals surface area contributed by atoms with Gasteiger partial charge in [-0.3, -0.25) is 0 Å². The molecule has 0 spiro atoms. The van der Waals surface area contributed by atoms with Crippen LogP contribution in [0.2, 0.25) is 5.02 Å². The zero-order chi connectivity index (χ0) is 21.4. The smallest absolute Gasteiger partial charge is 0.120 e. The average molecular weight is 432 g/mol. The number of rotatable bonds is 6. The van der Waals surface area contributed by atoms with E-state index >= 15 is 0 Å². The number of benzene rings is 3. The lowest BCUT2D eigenvalue weighted by atomic mass is 9.65. The minimum absolute atomic E-state index is 0.479. The van der Waals surface area contributed by atoms with Gasteiger partial charge in [-0.1, -0.05) is 48.0 Å². The van der Waals surface area contributed by atoms with Crippen molar-refractivity contribution in [1.29, 1.82) is 0 Å². The molecule has 6 rings (SSSR count). The third-order valence-corrected chi connectivity index (χ3v) is 7.30. The summed E-state index contributed by atoms with van der Waals surface area (Å²) in [6.07, 6.45) is 5.45. The van der Waals surface area contributed by atoms with E-state index in [1.165, 1.54) is 42.0 Å². The Morgan fingerprint density at radius 2 is 1.58 bits per heavy atom. The summed E-state index contributed by atoms with van der Waals surface area (Å²) in [7, 11) is 4.38. The summed E-state index contributed by atoms with van der Waals surface area (Å²) >= 11 is 6.26. The summed E-state index contributed by atoms with van der Waals surface area (Å²) in [4.78, 5) is 2.33. The fraction of sp³-hybridized carbons (Fsp3) is 0.357. The molecule has 0 aromatic heterocycles. The third kappa shape index (κ3) is 4.24. The van der Waals surface area contributed by atoms with Crippen molar-refractivity contribution >= 4 is 27.9 Å². The van der Waals surface area contributed by atoms with Gasteiger partial charge >= 0.3 is 0 Å². The molecular weight excluding hydrogens is 402 g/mol. The zero-order valence-corrected chi connectivity index (χ0v) is 19.2. The minimum atomic E-state index is 0.479. The first kappa shape index (κ1) is 20.6. The quantitative estimate of drug-likeness (QED) is 0.409. The van der Waals surface area contributed by atoms with Crippen molar-refractivity contribution < 1.29 is 4.74 Å². The maximum atomic E-state index is 6.26. The van der Waals surface area contributed by atoms with E-state index in [0.717, 1.165) is 34.7 Å². The molecule has 3 aliphatic carbocycles. The van der Waals surface area contributed by atoms with Crippen LogP contribution >= 0.6 is 11.6 Å². The summed E-state index contributed by atoms with van der Waals surface area (Å²) in [6.45, 7) is 1.57. The highest BCUT2D eigenvalue weighted by Gasteiger charge is 2.35. The van der Waals surface area contributed by atoms with Crippen LogP contribution in [0.1, 0.15) is 36.8 Å². The topological polar surface area (TPSA) is 12.5 Å². The van der Waals surface area contributed by atoms with Crippen LogP contribution in [0.5, 0.6) is 5.75 Å². The predicted molar refractivity (Wildman–Crippen MR) is 131 cm³/mol. The first-order chi connectivity index (χ1) is 15.1. The van der Waals surface area contributed by atoms with Crippen LogP contribution in [0.4, 0.5) is 0 Å². The molecule has 0 saturated heterocycles. The molecular formula is C28H30ClNO. The Balaban J connectivity index is 1.43. The Labute approximate surface area is 190 Å². The second-order valence-corrected chi connectivity index (χ2v) is 9.74. The molecule has 0 N–H and O–H groups in total. The molecule has 0 unspecified atom stereocenters. The van der Waals surface area contributed by atoms with E-state index in [1.54, 1.807) is 11.1 Å². The molecule has 3 heteroatoms. The van der Waals surface area contributed by atoms with E-state index in [2.05, 4.69) is 55.4 Å². The molecule has 1 saturated carbocycles. The van der Waals surface area contributed by atoms with Gasteiger partial charge in [-0.15, -0.1) is 0 Å². The fourth-order valence-corrected chi connectivity index (χ4v) is 5.64. The molecule has 160 valence electrons. The molecule has 0 amide bonds. The molecule has 0 aliphatic heterocycles. The Morgan fingerprint density at radius 1 is 0.871 bits per heavy atom. The molecule has 2 nitrogen and oxygen atoms in total. The Morgan fingerprint density at radius 3 is 2.35 bits per heavy atom. The molecule has 3 aromatic rings. The highest BCUT2D eigenvalue weighted by molar-refractivity contribution is 6.31. The van der Waals surface area contributed by atoms with Gasteiger partial charge in [-0.05, 0) is 103 Å². The maximum absolute atomic E-state index is 6.26. The number of likely N-dealkylation sites (N-methyl/N-ethyl adjacent to an activating group) is 1. The van der Waals surface area contributed by atoms with Crippen molar-refractivity contribution in [2.45, 2.75) is 32.3 Å². The van der Waals surface area contributed by atoms with E-state index in [9.17, 15) is 0 Å². The van der Waals surface area contributed by atoms with Gasteiger partial charge in [0.25, 0.3) is 0 Å². The van der Waals surface area contributed by atoms with E-state index in [1.807, 2.05) is 24.3 Å². The number of ether oxygens (including phenoxy) is 1. The van der Waals surface area contributed by atoms with Gasteiger partial charge in [-0.2, -0.15) is 0 Å². The van der Waals surface area contributed by atoms with Crippen LogP contribution in [0.25, 0.3) is 16.3 Å². The van der Waals surface area contributed by atoms with E-state index < -0.39 is 0 Å². The summed E-state index contributed by atoms with van der Waals surface area (Å²) in [5.74, 6) is 2.39. The van der Waals surface area contributed by atoms with Crippen LogP contribution in [0.3, 0.4) is 0 Å². The summed E-state index contributed by atoms with van der Waals surface area (Å²) < 4.78 is 6.03. The summed E-state index contributed by atoms with van der Waals surface area (Å²) in [5, 5.41) is 3.24. The Bertz CT molecular complexity index is 1120. The van der Waals surface area contributed by atoms with E-state index in [-0.39, 0.29) is 0 Å². The number of hydrogen-bond donors (Lipinski definition) is 0. The molecule has 0 atom stereocenters. The average Bonchev–Trinajstić information content (AvgIpc) is 2.78. The normalized spacial score (nSPS) is 20.6. The van der Waals surface area contributed by atoms with Crippen molar-refractivity contribution in [3.8, 4) is 5.75 Å². The van der Waals surface area contributed by atoms with E-state index in [4.69, 9.17) is 16.3 Å². The number of allylic oxidation sites excluding steroid dienone is 1. The molecule has 0 radical (unpaired) electrons. The van der Waals surface area contributed by atoms with Gasteiger partial charge in [0.2, 0.25) is 0 Å². The van der Waals surface area contributed by atoms with Gasteiger partial charge in [0.1, 0.15) is 12.4 Å². The second kappa shape index (κ2) is 8.68. The zero-order valence-electron chi connectivity index (χ0n) is 18.4. The van der Waals surface area contributed by atoms with Crippen molar-refractivity contribution in [2.24, 2.45) is 11.8 Å². The Kier molecular flexibility index (Phi) is 5.77. The predicted octanol–water partition coefficient (Wildman–Crippen LogP) is 7.21. The van der Waals surface area contributed by atoms with Crippen LogP contribution in [-0.4, -0.2) is 25.5 Å². The number of halogens is 1. The number of fused-ring (bicyclic) bond motifs is 3. The lowest BCUT2D eigenvalue weighted by molar-refractivity contribution is 0.299. The van der Waals surface area contributed by atoms with Crippen molar-refractivity contribution in [3.63, 3.8) is 0 Å². The molecule has 3 aromatic carbocycles. The second-order valence-electron chi connectivity index (χ2n) is 9.33. The molecule has 3 aliphatic rings. The standard InChI is InChI=1S/C28H30ClNO/c1-30(2)17-26-19-7-9-20(10-8-19)28(26)23-12-11-22-16-25(14-13-21(22)15-23)31-18-24-5-3-4-6-27(24)29/h3-6,11-16,19-20H,7-10,17-18H2,1-2H3. The van der Waals surface area contributed by atoms with Crippen LogP contribution in [0, 0.1) is 11.8 Å². The van der Waals surface area contributed by atoms with Crippen molar-refractivity contribution in [2.75, 3.05) is 20.6 Å². The first-order valence-corrected chi connectivity index (χ1v) is 11.7. The fourth-order valence-electron chi connectivity index (χ4n) is 5.45. The monoisotopic (exact) mass is 431 g/mol. The van der Waals surface area contributed by atoms with Gasteiger partial charge in [-0.25, -0.2) is 0 Å². The molecule has 1 fully saturated rings. The molecule has 0 heterocycles. The van der Waals surface area contributed by atoms with Gasteiger partial charge in [0, 0.05) is 17.1 Å². The highest BCUT2D eigenvalue weighted by atomic mass is 35.5. The maximum Gasteiger partial charge on any atom is 0.120 e. The lowest BCUT2D eigenvalue weighted by Gasteiger charge is -2.41. The largest absolute Gasteiger partial charge is 0.489 e. The lowest BCUT2D eigenvalue weighted by Crippen LogP contribution is -2.31. The van der Waals surface area contributed by atoms with Gasteiger partial charge in [0.15, 0.2) is 0 Å². The number of nitrogens with zero attached hydrogens (tertiary/aromatic N) is 1. The molecule has 2 bridgehead atoms. The first-order valence-electron chi connectivity index (χ1n) is 11.4. The summed E-state index contributed by atoms with van der Waals surface area (Å²) in [5.41, 5.74) is 5.75. The number of hydrogen-bond acceptors (Lipinski definition) is 2.